The van der Waals surface area contributed by atoms with E-state index >= 15 is 0 Å². The van der Waals surface area contributed by atoms with Crippen molar-refractivity contribution >= 4 is 18.1 Å². The molecule has 1 amide bonds. The van der Waals surface area contributed by atoms with Gasteiger partial charge < -0.3 is 10.3 Å². The molecule has 0 bridgehead atoms. The number of hydrogen-bond donors (Lipinski definition) is 0. The Balaban J connectivity index is 1.51. The highest BCUT2D eigenvalue weighted by atomic mass is 16.6. The van der Waals surface area contributed by atoms with E-state index in [2.05, 4.69) is 29.1 Å². The molecule has 1 heterocycles. The minimum absolute atomic E-state index is 0.0166. The Labute approximate surface area is 157 Å². The fraction of sp³-hybridized carbons (Fsp3) is 0.286. The maximum Gasteiger partial charge on any atom is 0.410 e. The molecule has 1 saturated heterocycles. The zero-order valence-corrected chi connectivity index (χ0v) is 14.7. The van der Waals surface area contributed by atoms with Gasteiger partial charge in [-0.25, -0.2) is 4.79 Å². The van der Waals surface area contributed by atoms with Gasteiger partial charge in [-0.15, -0.1) is 0 Å². The second-order valence-electron chi connectivity index (χ2n) is 6.80. The summed E-state index contributed by atoms with van der Waals surface area (Å²) >= 11 is 0. The number of hydrogen-bond acceptors (Lipinski definition) is 3. The highest BCUT2D eigenvalue weighted by Gasteiger charge is 2.37. The summed E-state index contributed by atoms with van der Waals surface area (Å²) in [6.07, 6.45) is 1.62. The predicted octanol–water partition coefficient (Wildman–Crippen LogP) is 3.27. The fourth-order valence-corrected chi connectivity index (χ4v) is 4.10. The average Bonchev–Trinajstić information content (AvgIpc) is 3.30. The van der Waals surface area contributed by atoms with Crippen LogP contribution in [0.2, 0.25) is 0 Å². The number of benzene rings is 2. The molecule has 136 valence electrons. The maximum absolute atomic E-state index is 12.6. The number of nitrogens with zero attached hydrogens (tertiary/aromatic N) is 3. The molecule has 6 nitrogen and oxygen atoms in total. The fourth-order valence-electron chi connectivity index (χ4n) is 4.10. The lowest BCUT2D eigenvalue weighted by atomic mass is 9.98. The summed E-state index contributed by atoms with van der Waals surface area (Å²) in [7, 11) is 0. The third-order valence-electron chi connectivity index (χ3n) is 5.34. The van der Waals surface area contributed by atoms with Crippen molar-refractivity contribution < 1.29 is 19.1 Å². The molecule has 27 heavy (non-hydrogen) atoms. The molecule has 1 atom stereocenters. The SMILES string of the molecule is [N-]=[N+]=CC(=O)[C@H]1CCCN1C(=O)OCC1c2ccccc2-c2ccccc21. The largest absolute Gasteiger partial charge is 0.448 e. The minimum Gasteiger partial charge on any atom is -0.448 e. The van der Waals surface area contributed by atoms with E-state index in [-0.39, 0.29) is 18.3 Å². The van der Waals surface area contributed by atoms with Gasteiger partial charge in [0.1, 0.15) is 12.6 Å². The van der Waals surface area contributed by atoms with Crippen LogP contribution in [-0.2, 0) is 9.53 Å². The molecular weight excluding hydrogens is 342 g/mol. The predicted molar refractivity (Wildman–Crippen MR) is 99.5 cm³/mol. The monoisotopic (exact) mass is 361 g/mol. The van der Waals surface area contributed by atoms with Crippen LogP contribution in [0.4, 0.5) is 4.79 Å². The van der Waals surface area contributed by atoms with E-state index in [9.17, 15) is 9.59 Å². The molecule has 6 heteroatoms. The number of Topliss-reactive ketones (excluding diaryl/α,β-unsaturated/α-hetero) is 1. The van der Waals surface area contributed by atoms with Gasteiger partial charge in [0.2, 0.25) is 0 Å². The molecule has 2 aromatic rings. The van der Waals surface area contributed by atoms with E-state index in [1.807, 2.05) is 24.3 Å². The first-order valence-corrected chi connectivity index (χ1v) is 9.03. The van der Waals surface area contributed by atoms with Crippen molar-refractivity contribution in [3.05, 3.63) is 65.2 Å². The van der Waals surface area contributed by atoms with Crippen molar-refractivity contribution in [3.8, 4) is 11.1 Å². The van der Waals surface area contributed by atoms with E-state index in [0.717, 1.165) is 23.8 Å². The summed E-state index contributed by atoms with van der Waals surface area (Å²) in [5.41, 5.74) is 13.2. The lowest BCUT2D eigenvalue weighted by Gasteiger charge is -2.22. The third-order valence-corrected chi connectivity index (χ3v) is 5.34. The van der Waals surface area contributed by atoms with Gasteiger partial charge in [-0.3, -0.25) is 9.69 Å². The van der Waals surface area contributed by atoms with Crippen LogP contribution in [0.15, 0.2) is 48.5 Å². The maximum atomic E-state index is 12.6. The summed E-state index contributed by atoms with van der Waals surface area (Å²) in [6, 6.07) is 15.7. The lowest BCUT2D eigenvalue weighted by Crippen LogP contribution is -2.41. The normalized spacial score (nSPS) is 17.8. The Hall–Kier alpha value is -3.24. The number of fused-ring (bicyclic) bond motifs is 3. The first-order chi connectivity index (χ1) is 13.2. The van der Waals surface area contributed by atoms with Crippen molar-refractivity contribution in [3.63, 3.8) is 0 Å². The van der Waals surface area contributed by atoms with Crippen LogP contribution in [0.3, 0.4) is 0 Å². The van der Waals surface area contributed by atoms with Crippen LogP contribution in [0, 0.1) is 0 Å². The number of ketones is 1. The van der Waals surface area contributed by atoms with E-state index in [0.29, 0.717) is 13.0 Å². The molecule has 1 aliphatic heterocycles. The number of amides is 1. The number of rotatable bonds is 4. The molecular formula is C21H19N3O3. The minimum atomic E-state index is -0.614. The standard InChI is InChI=1S/C21H19N3O3/c22-23-12-20(25)19-10-5-11-24(19)21(26)27-13-18-16-8-3-1-6-14(16)15-7-2-4-9-17(15)18/h1-4,6-9,12,18-19H,5,10-11,13H2/t19-/m1/s1. The van der Waals surface area contributed by atoms with Crippen molar-refractivity contribution in [1.82, 2.24) is 4.90 Å². The summed E-state index contributed by atoms with van der Waals surface area (Å²) in [4.78, 5) is 28.8. The average molecular weight is 361 g/mol. The van der Waals surface area contributed by atoms with Gasteiger partial charge in [-0.1, -0.05) is 48.5 Å². The molecule has 2 aromatic carbocycles. The van der Waals surface area contributed by atoms with Crippen LogP contribution in [0.25, 0.3) is 16.7 Å². The van der Waals surface area contributed by atoms with Crippen molar-refractivity contribution in [2.75, 3.05) is 13.2 Å². The van der Waals surface area contributed by atoms with E-state index < -0.39 is 12.1 Å². The Bertz CT molecular complexity index is 904. The summed E-state index contributed by atoms with van der Waals surface area (Å²) < 4.78 is 5.61. The Morgan fingerprint density at radius 1 is 1.11 bits per heavy atom. The molecule has 1 fully saturated rings. The topological polar surface area (TPSA) is 83.0 Å². The van der Waals surface area contributed by atoms with Crippen LogP contribution >= 0.6 is 0 Å². The number of likely N-dealkylation sites (tertiary alicyclic amines) is 1. The molecule has 0 aromatic heterocycles. The highest BCUT2D eigenvalue weighted by Crippen LogP contribution is 2.44. The first kappa shape index (κ1) is 17.2. The Morgan fingerprint density at radius 2 is 1.74 bits per heavy atom. The Kier molecular flexibility index (Phi) is 4.57. The highest BCUT2D eigenvalue weighted by molar-refractivity contribution is 6.28. The zero-order chi connectivity index (χ0) is 18.8. The van der Waals surface area contributed by atoms with Gasteiger partial charge in [0, 0.05) is 12.5 Å². The van der Waals surface area contributed by atoms with Crippen molar-refractivity contribution in [1.29, 1.82) is 0 Å². The Morgan fingerprint density at radius 3 is 2.37 bits per heavy atom. The van der Waals surface area contributed by atoms with Crippen LogP contribution < -0.4 is 0 Å². The number of carbonyl (C=O) groups excluding carboxylic acids is 2. The number of ether oxygens (including phenoxy) is 1. The summed E-state index contributed by atoms with van der Waals surface area (Å²) in [5, 5.41) is 0. The smallest absolute Gasteiger partial charge is 0.410 e. The van der Waals surface area contributed by atoms with Gasteiger partial charge in [0.05, 0.1) is 0 Å². The number of carbonyl (C=O) groups is 2. The molecule has 0 saturated carbocycles. The van der Waals surface area contributed by atoms with Crippen molar-refractivity contribution in [2.24, 2.45) is 0 Å². The van der Waals surface area contributed by atoms with Crippen molar-refractivity contribution in [2.45, 2.75) is 24.8 Å². The molecule has 2 aliphatic rings. The lowest BCUT2D eigenvalue weighted by molar-refractivity contribution is -0.119. The van der Waals surface area contributed by atoms with Gasteiger partial charge in [0.25, 0.3) is 5.78 Å². The molecule has 1 aliphatic carbocycles. The van der Waals surface area contributed by atoms with E-state index in [1.54, 1.807) is 0 Å². The molecule has 0 radical (unpaired) electrons. The molecule has 4 rings (SSSR count). The van der Waals surface area contributed by atoms with E-state index in [1.165, 1.54) is 16.0 Å². The van der Waals surface area contributed by atoms with Crippen LogP contribution in [0.5, 0.6) is 0 Å². The van der Waals surface area contributed by atoms with Gasteiger partial charge in [0.15, 0.2) is 0 Å². The van der Waals surface area contributed by atoms with Crippen LogP contribution in [-0.4, -0.2) is 47.0 Å². The van der Waals surface area contributed by atoms with Crippen LogP contribution in [0.1, 0.15) is 29.9 Å². The zero-order valence-electron chi connectivity index (χ0n) is 14.7. The third kappa shape index (κ3) is 3.04. The molecule has 0 spiro atoms. The van der Waals surface area contributed by atoms with E-state index in [4.69, 9.17) is 10.3 Å². The summed E-state index contributed by atoms with van der Waals surface area (Å²) in [6.45, 7) is 0.685. The molecule has 0 N–H and O–H groups in total. The van der Waals surface area contributed by atoms with Gasteiger partial charge in [-0.05, 0) is 35.1 Å². The second kappa shape index (κ2) is 7.17. The van der Waals surface area contributed by atoms with Gasteiger partial charge in [-0.2, -0.15) is 4.79 Å². The first-order valence-electron chi connectivity index (χ1n) is 9.03. The van der Waals surface area contributed by atoms with Gasteiger partial charge >= 0.3 is 12.3 Å². The second-order valence-corrected chi connectivity index (χ2v) is 6.80. The molecule has 0 unspecified atom stereocenters. The summed E-state index contributed by atoms with van der Waals surface area (Å²) in [5.74, 6) is -0.402. The quantitative estimate of drug-likeness (QED) is 0.476.